The van der Waals surface area contributed by atoms with Gasteiger partial charge in [-0.1, -0.05) is 12.1 Å². The monoisotopic (exact) mass is 469 g/mol. The van der Waals surface area contributed by atoms with Gasteiger partial charge >= 0.3 is 0 Å². The van der Waals surface area contributed by atoms with Gasteiger partial charge in [-0.05, 0) is 32.3 Å². The number of hydrogen-bond acceptors (Lipinski definition) is 8. The number of aromatic nitrogens is 2. The molecule has 1 fully saturated rings. The van der Waals surface area contributed by atoms with Gasteiger partial charge in [-0.15, -0.1) is 0 Å². The third kappa shape index (κ3) is 6.80. The van der Waals surface area contributed by atoms with Gasteiger partial charge in [0.05, 0.1) is 33.0 Å². The Labute approximate surface area is 201 Å². The lowest BCUT2D eigenvalue weighted by Gasteiger charge is -2.27. The van der Waals surface area contributed by atoms with E-state index in [-0.39, 0.29) is 12.5 Å². The quantitative estimate of drug-likeness (QED) is 0.714. The number of rotatable bonds is 5. The highest BCUT2D eigenvalue weighted by Gasteiger charge is 2.19. The molecule has 9 heteroatoms. The summed E-state index contributed by atoms with van der Waals surface area (Å²) in [6.07, 6.45) is 6.58. The lowest BCUT2D eigenvalue weighted by molar-refractivity contribution is -0.122. The van der Waals surface area contributed by atoms with E-state index in [1.165, 1.54) is 0 Å². The van der Waals surface area contributed by atoms with Crippen molar-refractivity contribution in [3.05, 3.63) is 41.7 Å². The Morgan fingerprint density at radius 3 is 2.68 bits per heavy atom. The smallest absolute Gasteiger partial charge is 0.234 e. The Morgan fingerprint density at radius 1 is 1.06 bits per heavy atom. The van der Waals surface area contributed by atoms with Crippen molar-refractivity contribution in [1.29, 1.82) is 0 Å². The van der Waals surface area contributed by atoms with Crippen molar-refractivity contribution in [1.82, 2.24) is 20.2 Å². The van der Waals surface area contributed by atoms with E-state index in [9.17, 15) is 4.79 Å². The second kappa shape index (κ2) is 12.5. The summed E-state index contributed by atoms with van der Waals surface area (Å²) in [6, 6.07) is 5.96. The fourth-order valence-corrected chi connectivity index (χ4v) is 4.21. The summed E-state index contributed by atoms with van der Waals surface area (Å²) in [4.78, 5) is 26.0. The van der Waals surface area contributed by atoms with Crippen molar-refractivity contribution in [3.8, 4) is 11.5 Å². The molecule has 34 heavy (non-hydrogen) atoms. The van der Waals surface area contributed by atoms with Crippen molar-refractivity contribution < 1.29 is 19.0 Å². The van der Waals surface area contributed by atoms with E-state index in [4.69, 9.17) is 14.2 Å². The van der Waals surface area contributed by atoms with Gasteiger partial charge in [0.1, 0.15) is 0 Å². The first kappa shape index (κ1) is 24.2. The van der Waals surface area contributed by atoms with E-state index < -0.39 is 0 Å². The normalized spacial score (nSPS) is 18.5. The number of carbonyl (C=O) groups is 1. The highest BCUT2D eigenvalue weighted by molar-refractivity contribution is 5.78. The molecular weight excluding hydrogens is 434 g/mol. The van der Waals surface area contributed by atoms with Crippen LogP contribution >= 0.6 is 0 Å². The zero-order chi connectivity index (χ0) is 23.6. The van der Waals surface area contributed by atoms with Crippen molar-refractivity contribution in [2.75, 3.05) is 57.5 Å². The Hall–Kier alpha value is -2.91. The van der Waals surface area contributed by atoms with Crippen LogP contribution in [0.5, 0.6) is 11.5 Å². The summed E-state index contributed by atoms with van der Waals surface area (Å²) < 4.78 is 17.5. The third-order valence-electron chi connectivity index (χ3n) is 5.90. The number of amides is 1. The largest absolute Gasteiger partial charge is 0.490 e. The molecule has 0 radical (unpaired) electrons. The standard InChI is InChI=1S/C25H35N5O4/c1-2-33-22-8-6-7-21-18-29(19-23(31)26-9-4-3-5-12-34-24(21)22)17-20-15-27-25(28-16-20)30-10-13-32-14-11-30/h6-8,15-16H,2-5,9-14,17-19H2,1H3,(H,26,31). The fourth-order valence-electron chi connectivity index (χ4n) is 4.21. The van der Waals surface area contributed by atoms with Crippen molar-refractivity contribution in [2.45, 2.75) is 39.3 Å². The molecule has 1 amide bonds. The molecule has 0 saturated carbocycles. The average molecular weight is 470 g/mol. The number of nitrogens with zero attached hydrogens (tertiary/aromatic N) is 4. The van der Waals surface area contributed by atoms with Crippen LogP contribution in [0.15, 0.2) is 30.6 Å². The first-order chi connectivity index (χ1) is 16.7. The molecule has 2 aromatic rings. The van der Waals surface area contributed by atoms with E-state index in [1.54, 1.807) is 0 Å². The van der Waals surface area contributed by atoms with Gasteiger partial charge in [-0.25, -0.2) is 9.97 Å². The van der Waals surface area contributed by atoms with E-state index in [0.717, 1.165) is 60.9 Å². The number of ether oxygens (including phenoxy) is 3. The van der Waals surface area contributed by atoms with E-state index in [0.29, 0.717) is 46.1 Å². The number of hydrogen-bond donors (Lipinski definition) is 1. The van der Waals surface area contributed by atoms with Crippen LogP contribution in [-0.2, 0) is 22.6 Å². The fraction of sp³-hybridized carbons (Fsp3) is 0.560. The molecule has 2 aliphatic rings. The summed E-state index contributed by atoms with van der Waals surface area (Å²) in [5.74, 6) is 2.26. The molecule has 1 saturated heterocycles. The van der Waals surface area contributed by atoms with Crippen molar-refractivity contribution in [2.24, 2.45) is 0 Å². The molecule has 4 rings (SSSR count). The summed E-state index contributed by atoms with van der Waals surface area (Å²) >= 11 is 0. The Kier molecular flexibility index (Phi) is 8.92. The van der Waals surface area contributed by atoms with Gasteiger partial charge < -0.3 is 24.4 Å². The number of fused-ring (bicyclic) bond motifs is 1. The first-order valence-corrected chi connectivity index (χ1v) is 12.2. The topological polar surface area (TPSA) is 89.1 Å². The summed E-state index contributed by atoms with van der Waals surface area (Å²) in [5, 5.41) is 3.05. The van der Waals surface area contributed by atoms with Crippen LogP contribution in [-0.4, -0.2) is 73.4 Å². The number of carbonyl (C=O) groups excluding carboxylic acids is 1. The molecule has 1 aromatic carbocycles. The van der Waals surface area contributed by atoms with Crippen molar-refractivity contribution in [3.63, 3.8) is 0 Å². The zero-order valence-electron chi connectivity index (χ0n) is 20.0. The molecule has 0 atom stereocenters. The van der Waals surface area contributed by atoms with Gasteiger partial charge in [0.15, 0.2) is 11.5 Å². The minimum Gasteiger partial charge on any atom is -0.490 e. The Bertz CT molecular complexity index is 918. The maximum atomic E-state index is 12.7. The van der Waals surface area contributed by atoms with Crippen LogP contribution in [0.25, 0.3) is 0 Å². The molecule has 0 unspecified atom stereocenters. The molecule has 3 heterocycles. The third-order valence-corrected chi connectivity index (χ3v) is 5.90. The van der Waals surface area contributed by atoms with E-state index in [2.05, 4.69) is 25.1 Å². The highest BCUT2D eigenvalue weighted by atomic mass is 16.5. The van der Waals surface area contributed by atoms with Gasteiger partial charge in [-0.2, -0.15) is 0 Å². The predicted molar refractivity (Wildman–Crippen MR) is 129 cm³/mol. The molecule has 1 aromatic heterocycles. The lowest BCUT2D eigenvalue weighted by atomic mass is 10.1. The Balaban J connectivity index is 1.53. The zero-order valence-corrected chi connectivity index (χ0v) is 20.0. The average Bonchev–Trinajstić information content (AvgIpc) is 2.87. The van der Waals surface area contributed by atoms with Crippen molar-refractivity contribution >= 4 is 11.9 Å². The number of nitrogens with one attached hydrogen (secondary N) is 1. The summed E-state index contributed by atoms with van der Waals surface area (Å²) in [6.45, 7) is 8.21. The summed E-state index contributed by atoms with van der Waals surface area (Å²) in [7, 11) is 0. The van der Waals surface area contributed by atoms with Crippen LogP contribution in [0.2, 0.25) is 0 Å². The highest BCUT2D eigenvalue weighted by Crippen LogP contribution is 2.33. The van der Waals surface area contributed by atoms with Crippen LogP contribution in [0.4, 0.5) is 5.95 Å². The molecule has 2 aliphatic heterocycles. The van der Waals surface area contributed by atoms with Gasteiger partial charge in [0.25, 0.3) is 0 Å². The number of para-hydroxylation sites is 1. The van der Waals surface area contributed by atoms with Gasteiger partial charge in [0.2, 0.25) is 11.9 Å². The minimum absolute atomic E-state index is 0.0218. The number of benzene rings is 1. The number of morpholine rings is 1. The molecule has 0 spiro atoms. The SMILES string of the molecule is CCOc1cccc2c1OCCCCCNC(=O)CN(Cc1cnc(N3CCOCC3)nc1)C2. The van der Waals surface area contributed by atoms with Crippen LogP contribution in [0.3, 0.4) is 0 Å². The molecule has 184 valence electrons. The maximum Gasteiger partial charge on any atom is 0.234 e. The molecule has 9 nitrogen and oxygen atoms in total. The van der Waals surface area contributed by atoms with Crippen LogP contribution < -0.4 is 19.7 Å². The molecule has 0 bridgehead atoms. The Morgan fingerprint density at radius 2 is 1.88 bits per heavy atom. The molecular formula is C25H35N5O4. The summed E-state index contributed by atoms with van der Waals surface area (Å²) in [5.41, 5.74) is 1.96. The first-order valence-electron chi connectivity index (χ1n) is 12.2. The van der Waals surface area contributed by atoms with Gasteiger partial charge in [-0.3, -0.25) is 9.69 Å². The van der Waals surface area contributed by atoms with E-state index >= 15 is 0 Å². The van der Waals surface area contributed by atoms with E-state index in [1.807, 2.05) is 37.5 Å². The lowest BCUT2D eigenvalue weighted by Crippen LogP contribution is -2.38. The van der Waals surface area contributed by atoms with Crippen LogP contribution in [0.1, 0.15) is 37.3 Å². The predicted octanol–water partition coefficient (Wildman–Crippen LogP) is 2.39. The maximum absolute atomic E-state index is 12.7. The second-order valence-electron chi connectivity index (χ2n) is 8.57. The minimum atomic E-state index is 0.0218. The molecule has 1 N–H and O–H groups in total. The number of anilines is 1. The second-order valence-corrected chi connectivity index (χ2v) is 8.57. The van der Waals surface area contributed by atoms with Gasteiger partial charge in [0, 0.05) is 56.2 Å². The van der Waals surface area contributed by atoms with Crippen LogP contribution in [0, 0.1) is 0 Å². The molecule has 0 aliphatic carbocycles.